The normalized spacial score (nSPS) is 16.8. The lowest BCUT2D eigenvalue weighted by molar-refractivity contribution is -0.0221. The number of aromatic amines is 1. The third-order valence-corrected chi connectivity index (χ3v) is 5.19. The zero-order valence-corrected chi connectivity index (χ0v) is 16.0. The lowest BCUT2D eigenvalue weighted by Crippen LogP contribution is -2.39. The molecule has 3 N–H and O–H groups in total. The third-order valence-electron chi connectivity index (χ3n) is 5.19. The number of H-pyrrole nitrogens is 1. The number of nitrogens with one attached hydrogen (secondary N) is 3. The maximum absolute atomic E-state index is 13.5. The van der Waals surface area contributed by atoms with Crippen molar-refractivity contribution < 1.29 is 8.78 Å². The molecule has 0 radical (unpaired) electrons. The van der Waals surface area contributed by atoms with Crippen molar-refractivity contribution in [2.45, 2.75) is 18.8 Å². The van der Waals surface area contributed by atoms with Crippen LogP contribution in [0.25, 0.3) is 27.7 Å². The standard InChI is InChI=1S/C21H22F2N6/c1-25-13-16(12-24)14-2-3-18-17(10-14)20(28-27-18)15-4-7-26-19(11-15)29-8-5-21(22,23)6-9-29/h2-4,7,10-13,24-25H,5-6,8-9H2,1H3,(H,27,28)/b16-13+,24-12?. The summed E-state index contributed by atoms with van der Waals surface area (Å²) >= 11 is 0. The Morgan fingerprint density at radius 1 is 1.24 bits per heavy atom. The summed E-state index contributed by atoms with van der Waals surface area (Å²) in [7, 11) is 1.79. The minimum Gasteiger partial charge on any atom is -0.393 e. The van der Waals surface area contributed by atoms with Gasteiger partial charge in [0, 0.05) is 68.1 Å². The van der Waals surface area contributed by atoms with E-state index in [0.29, 0.717) is 5.82 Å². The van der Waals surface area contributed by atoms with E-state index in [-0.39, 0.29) is 25.9 Å². The molecule has 1 aliphatic heterocycles. The monoisotopic (exact) mass is 396 g/mol. The van der Waals surface area contributed by atoms with E-state index in [4.69, 9.17) is 5.41 Å². The maximum Gasteiger partial charge on any atom is 0.251 e. The molecule has 8 heteroatoms. The molecule has 0 unspecified atom stereocenters. The van der Waals surface area contributed by atoms with Crippen LogP contribution in [0.5, 0.6) is 0 Å². The topological polar surface area (TPSA) is 80.7 Å². The molecule has 29 heavy (non-hydrogen) atoms. The molecule has 0 bridgehead atoms. The highest BCUT2D eigenvalue weighted by Crippen LogP contribution is 2.33. The van der Waals surface area contributed by atoms with Crippen molar-refractivity contribution >= 4 is 28.5 Å². The Morgan fingerprint density at radius 2 is 2.03 bits per heavy atom. The number of rotatable bonds is 5. The van der Waals surface area contributed by atoms with Crippen molar-refractivity contribution in [1.29, 1.82) is 5.41 Å². The van der Waals surface area contributed by atoms with Crippen LogP contribution in [0, 0.1) is 5.41 Å². The van der Waals surface area contributed by atoms with E-state index in [9.17, 15) is 8.78 Å². The first-order valence-electron chi connectivity index (χ1n) is 9.46. The molecular weight excluding hydrogens is 374 g/mol. The van der Waals surface area contributed by atoms with Gasteiger partial charge in [-0.2, -0.15) is 5.10 Å². The highest BCUT2D eigenvalue weighted by Gasteiger charge is 2.34. The van der Waals surface area contributed by atoms with Gasteiger partial charge in [0.1, 0.15) is 11.5 Å². The van der Waals surface area contributed by atoms with E-state index in [2.05, 4.69) is 20.5 Å². The molecule has 3 heterocycles. The number of benzene rings is 1. The lowest BCUT2D eigenvalue weighted by Gasteiger charge is -2.32. The Morgan fingerprint density at radius 3 is 2.76 bits per heavy atom. The smallest absolute Gasteiger partial charge is 0.251 e. The minimum atomic E-state index is -2.59. The van der Waals surface area contributed by atoms with E-state index in [1.165, 1.54) is 6.21 Å². The Hall–Kier alpha value is -3.29. The Bertz CT molecular complexity index is 1060. The number of hydrogen-bond donors (Lipinski definition) is 3. The number of fused-ring (bicyclic) bond motifs is 1. The number of nitrogens with zero attached hydrogens (tertiary/aromatic N) is 3. The first-order chi connectivity index (χ1) is 14.0. The predicted octanol–water partition coefficient (Wildman–Crippen LogP) is 4.07. The SMILES string of the molecule is CN/C=C(\C=N)c1ccc2[nH]nc(-c3ccnc(N4CCC(F)(F)CC4)c3)c2c1. The molecule has 1 aromatic carbocycles. The summed E-state index contributed by atoms with van der Waals surface area (Å²) in [6.45, 7) is 0.568. The Balaban J connectivity index is 1.70. The molecule has 3 aromatic rings. The van der Waals surface area contributed by atoms with Gasteiger partial charge in [-0.3, -0.25) is 5.10 Å². The number of piperidine rings is 1. The van der Waals surface area contributed by atoms with Crippen molar-refractivity contribution in [2.24, 2.45) is 0 Å². The van der Waals surface area contributed by atoms with Gasteiger partial charge in [-0.15, -0.1) is 0 Å². The molecule has 0 aliphatic carbocycles. The van der Waals surface area contributed by atoms with Crippen LogP contribution >= 0.6 is 0 Å². The molecule has 0 amide bonds. The van der Waals surface area contributed by atoms with Gasteiger partial charge in [0.2, 0.25) is 0 Å². The number of anilines is 1. The molecule has 0 atom stereocenters. The second-order valence-electron chi connectivity index (χ2n) is 7.11. The van der Waals surface area contributed by atoms with Crippen LogP contribution in [-0.2, 0) is 0 Å². The fraction of sp³-hybridized carbons (Fsp3) is 0.286. The van der Waals surface area contributed by atoms with Gasteiger partial charge in [0.25, 0.3) is 5.92 Å². The quantitative estimate of drug-likeness (QED) is 0.568. The second kappa shape index (κ2) is 7.62. The van der Waals surface area contributed by atoms with E-state index < -0.39 is 5.92 Å². The van der Waals surface area contributed by atoms with Crippen LogP contribution in [0.1, 0.15) is 18.4 Å². The van der Waals surface area contributed by atoms with Crippen molar-refractivity contribution in [2.75, 3.05) is 25.0 Å². The van der Waals surface area contributed by atoms with Crippen molar-refractivity contribution in [3.63, 3.8) is 0 Å². The molecule has 0 saturated carbocycles. The number of aromatic nitrogens is 3. The molecule has 1 fully saturated rings. The molecular formula is C21H22F2N6. The zero-order chi connectivity index (χ0) is 20.4. The summed E-state index contributed by atoms with van der Waals surface area (Å²) in [5.41, 5.74) is 4.17. The van der Waals surface area contributed by atoms with Crippen LogP contribution in [0.3, 0.4) is 0 Å². The van der Waals surface area contributed by atoms with Crippen LogP contribution in [0.4, 0.5) is 14.6 Å². The first-order valence-corrected chi connectivity index (χ1v) is 9.46. The maximum atomic E-state index is 13.5. The zero-order valence-electron chi connectivity index (χ0n) is 16.0. The average molecular weight is 396 g/mol. The highest BCUT2D eigenvalue weighted by molar-refractivity contribution is 6.09. The number of hydrogen-bond acceptors (Lipinski definition) is 5. The van der Waals surface area contributed by atoms with Crippen LogP contribution in [0.2, 0.25) is 0 Å². The Labute approximate surface area is 167 Å². The average Bonchev–Trinajstić information content (AvgIpc) is 3.15. The van der Waals surface area contributed by atoms with E-state index >= 15 is 0 Å². The number of pyridine rings is 1. The highest BCUT2D eigenvalue weighted by atomic mass is 19.3. The fourth-order valence-electron chi connectivity index (χ4n) is 3.58. The van der Waals surface area contributed by atoms with Crippen LogP contribution in [0.15, 0.2) is 42.7 Å². The second-order valence-corrected chi connectivity index (χ2v) is 7.11. The largest absolute Gasteiger partial charge is 0.393 e. The van der Waals surface area contributed by atoms with Crippen LogP contribution in [-0.4, -0.2) is 47.5 Å². The van der Waals surface area contributed by atoms with Gasteiger partial charge in [0.05, 0.1) is 5.52 Å². The van der Waals surface area contributed by atoms with Crippen molar-refractivity contribution in [3.05, 3.63) is 48.3 Å². The summed E-state index contributed by atoms with van der Waals surface area (Å²) in [4.78, 5) is 6.27. The molecule has 1 aliphatic rings. The molecule has 2 aromatic heterocycles. The Kier molecular flexibility index (Phi) is 5.00. The third kappa shape index (κ3) is 3.83. The molecule has 0 spiro atoms. The summed E-state index contributed by atoms with van der Waals surface area (Å²) in [6.07, 6.45) is 4.44. The lowest BCUT2D eigenvalue weighted by atomic mass is 10.0. The molecule has 4 rings (SSSR count). The van der Waals surface area contributed by atoms with E-state index in [1.54, 1.807) is 19.4 Å². The van der Waals surface area contributed by atoms with Crippen molar-refractivity contribution in [1.82, 2.24) is 20.5 Å². The van der Waals surface area contributed by atoms with Crippen molar-refractivity contribution in [3.8, 4) is 11.3 Å². The summed E-state index contributed by atoms with van der Waals surface area (Å²) in [5, 5.41) is 19.0. The summed E-state index contributed by atoms with van der Waals surface area (Å²) in [6, 6.07) is 9.62. The number of alkyl halides is 2. The van der Waals surface area contributed by atoms with E-state index in [1.807, 2.05) is 35.2 Å². The predicted molar refractivity (Wildman–Crippen MR) is 112 cm³/mol. The molecule has 150 valence electrons. The van der Waals surface area contributed by atoms with Gasteiger partial charge in [-0.1, -0.05) is 6.07 Å². The number of allylic oxidation sites excluding steroid dienone is 1. The van der Waals surface area contributed by atoms with Gasteiger partial charge in [-0.25, -0.2) is 13.8 Å². The van der Waals surface area contributed by atoms with Gasteiger partial charge < -0.3 is 15.6 Å². The summed E-state index contributed by atoms with van der Waals surface area (Å²) < 4.78 is 26.9. The fourth-order valence-corrected chi connectivity index (χ4v) is 3.58. The first kappa shape index (κ1) is 19.0. The van der Waals surface area contributed by atoms with Gasteiger partial charge in [0.15, 0.2) is 0 Å². The van der Waals surface area contributed by atoms with E-state index in [0.717, 1.165) is 33.3 Å². The van der Waals surface area contributed by atoms with Gasteiger partial charge in [-0.05, 0) is 29.8 Å². The number of halogens is 2. The van der Waals surface area contributed by atoms with Crippen LogP contribution < -0.4 is 10.2 Å². The van der Waals surface area contributed by atoms with Gasteiger partial charge >= 0.3 is 0 Å². The molecule has 1 saturated heterocycles. The molecule has 6 nitrogen and oxygen atoms in total. The minimum absolute atomic E-state index is 0.155. The summed E-state index contributed by atoms with van der Waals surface area (Å²) in [5.74, 6) is -1.91.